The Morgan fingerprint density at radius 1 is 1.09 bits per heavy atom. The van der Waals surface area contributed by atoms with Gasteiger partial charge in [0.05, 0.1) is 10.4 Å². The van der Waals surface area contributed by atoms with Gasteiger partial charge in [0.15, 0.2) is 6.61 Å². The molecule has 0 bridgehead atoms. The predicted molar refractivity (Wildman–Crippen MR) is 85.4 cm³/mol. The number of hydrogen-bond acceptors (Lipinski definition) is 5. The van der Waals surface area contributed by atoms with Crippen LogP contribution in [0.15, 0.2) is 48.5 Å². The van der Waals surface area contributed by atoms with E-state index >= 15 is 0 Å². The molecule has 1 aromatic carbocycles. The average Bonchev–Trinajstić information content (AvgIpc) is 2.98. The van der Waals surface area contributed by atoms with Crippen molar-refractivity contribution < 1.29 is 14.3 Å². The lowest BCUT2D eigenvalue weighted by atomic mass is 10.2. The Morgan fingerprint density at radius 2 is 1.91 bits per heavy atom. The highest BCUT2D eigenvalue weighted by molar-refractivity contribution is 7.14. The van der Waals surface area contributed by atoms with Crippen LogP contribution in [0.5, 0.6) is 0 Å². The molecule has 0 atom stereocenters. The fourth-order valence-electron chi connectivity index (χ4n) is 2.04. The topological polar surface area (TPSA) is 56.3 Å². The number of ether oxygens (including phenoxy) is 1. The summed E-state index contributed by atoms with van der Waals surface area (Å²) >= 11 is 1.39. The molecular formula is C17H13NO3S. The molecule has 4 nitrogen and oxygen atoms in total. The van der Waals surface area contributed by atoms with Crippen LogP contribution in [0.3, 0.4) is 0 Å². The maximum Gasteiger partial charge on any atom is 0.357 e. The molecule has 0 fully saturated rings. The number of carbonyl (C=O) groups excluding carboxylic acids is 2. The van der Waals surface area contributed by atoms with Crippen molar-refractivity contribution in [2.45, 2.75) is 6.92 Å². The van der Waals surface area contributed by atoms with Gasteiger partial charge in [-0.3, -0.25) is 4.79 Å². The molecule has 22 heavy (non-hydrogen) atoms. The fourth-order valence-corrected chi connectivity index (χ4v) is 2.83. The summed E-state index contributed by atoms with van der Waals surface area (Å²) in [6.45, 7) is 1.65. The lowest BCUT2D eigenvalue weighted by Crippen LogP contribution is -2.14. The van der Waals surface area contributed by atoms with Crippen molar-refractivity contribution in [2.75, 3.05) is 6.61 Å². The van der Waals surface area contributed by atoms with Crippen molar-refractivity contribution in [3.8, 4) is 0 Å². The van der Waals surface area contributed by atoms with Crippen LogP contribution >= 0.6 is 11.3 Å². The van der Waals surface area contributed by atoms with E-state index in [-0.39, 0.29) is 18.1 Å². The normalized spacial score (nSPS) is 10.6. The first-order valence-corrected chi connectivity index (χ1v) is 7.58. The van der Waals surface area contributed by atoms with Crippen molar-refractivity contribution in [2.24, 2.45) is 0 Å². The van der Waals surface area contributed by atoms with Crippen LogP contribution in [-0.4, -0.2) is 23.3 Å². The molecule has 0 amide bonds. The Balaban J connectivity index is 1.69. The van der Waals surface area contributed by atoms with Gasteiger partial charge < -0.3 is 4.74 Å². The Kier molecular flexibility index (Phi) is 3.98. The van der Waals surface area contributed by atoms with Gasteiger partial charge in [0.2, 0.25) is 5.78 Å². The minimum absolute atomic E-state index is 0.202. The van der Waals surface area contributed by atoms with Gasteiger partial charge in [-0.1, -0.05) is 24.3 Å². The first-order valence-electron chi connectivity index (χ1n) is 6.76. The SMILES string of the molecule is Cc1ccc(C(=O)COC(=O)c2ccc3ccccc3n2)s1. The molecule has 110 valence electrons. The Bertz CT molecular complexity index is 854. The van der Waals surface area contributed by atoms with E-state index in [0.29, 0.717) is 4.88 Å². The summed E-state index contributed by atoms with van der Waals surface area (Å²) in [7, 11) is 0. The van der Waals surface area contributed by atoms with Gasteiger partial charge in [0, 0.05) is 10.3 Å². The summed E-state index contributed by atoms with van der Waals surface area (Å²) in [6, 6.07) is 14.5. The molecule has 0 spiro atoms. The van der Waals surface area contributed by atoms with E-state index in [4.69, 9.17) is 4.74 Å². The average molecular weight is 311 g/mol. The number of nitrogens with zero attached hydrogens (tertiary/aromatic N) is 1. The van der Waals surface area contributed by atoms with Crippen LogP contribution in [-0.2, 0) is 4.74 Å². The fraction of sp³-hybridized carbons (Fsp3) is 0.118. The van der Waals surface area contributed by atoms with E-state index in [1.54, 1.807) is 12.1 Å². The molecule has 0 saturated carbocycles. The summed E-state index contributed by atoms with van der Waals surface area (Å²) in [5, 5.41) is 0.948. The zero-order valence-corrected chi connectivity index (χ0v) is 12.7. The summed E-state index contributed by atoms with van der Waals surface area (Å²) in [5.41, 5.74) is 0.922. The minimum atomic E-state index is -0.590. The van der Waals surface area contributed by atoms with Gasteiger partial charge >= 0.3 is 5.97 Å². The standard InChI is InChI=1S/C17H13NO3S/c1-11-6-9-16(22-11)15(19)10-21-17(20)14-8-7-12-4-2-3-5-13(12)18-14/h2-9H,10H2,1H3. The first kappa shape index (κ1) is 14.4. The van der Waals surface area contributed by atoms with E-state index in [1.807, 2.05) is 43.3 Å². The number of Topliss-reactive ketones (excluding diaryl/α,β-unsaturated/α-hetero) is 1. The van der Waals surface area contributed by atoms with E-state index in [1.165, 1.54) is 11.3 Å². The Labute approximate surface area is 131 Å². The largest absolute Gasteiger partial charge is 0.453 e. The van der Waals surface area contributed by atoms with Gasteiger partial charge in [-0.15, -0.1) is 11.3 Å². The smallest absolute Gasteiger partial charge is 0.357 e. The van der Waals surface area contributed by atoms with Crippen molar-refractivity contribution in [3.05, 3.63) is 64.0 Å². The molecule has 0 N–H and O–H groups in total. The number of rotatable bonds is 4. The lowest BCUT2D eigenvalue weighted by molar-refractivity contribution is 0.0470. The first-order chi connectivity index (χ1) is 10.6. The van der Waals surface area contributed by atoms with Crippen LogP contribution in [0, 0.1) is 6.92 Å². The van der Waals surface area contributed by atoms with E-state index < -0.39 is 5.97 Å². The summed E-state index contributed by atoms with van der Waals surface area (Å²) < 4.78 is 5.06. The van der Waals surface area contributed by atoms with Gasteiger partial charge in [-0.05, 0) is 31.2 Å². The van der Waals surface area contributed by atoms with Crippen LogP contribution in [0.1, 0.15) is 25.0 Å². The van der Waals surface area contributed by atoms with Crippen LogP contribution in [0.2, 0.25) is 0 Å². The van der Waals surface area contributed by atoms with Gasteiger partial charge in [0.1, 0.15) is 5.69 Å². The van der Waals surface area contributed by atoms with Crippen molar-refractivity contribution >= 4 is 34.0 Å². The number of thiophene rings is 1. The monoisotopic (exact) mass is 311 g/mol. The highest BCUT2D eigenvalue weighted by Gasteiger charge is 2.14. The second-order valence-corrected chi connectivity index (χ2v) is 6.09. The number of pyridine rings is 1. The van der Waals surface area contributed by atoms with E-state index in [9.17, 15) is 9.59 Å². The van der Waals surface area contributed by atoms with Crippen molar-refractivity contribution in [1.29, 1.82) is 0 Å². The second-order valence-electron chi connectivity index (χ2n) is 4.80. The molecule has 0 aliphatic heterocycles. The number of aryl methyl sites for hydroxylation is 1. The maximum absolute atomic E-state index is 12.0. The second kappa shape index (κ2) is 6.07. The molecule has 2 heterocycles. The van der Waals surface area contributed by atoms with Crippen LogP contribution < -0.4 is 0 Å². The van der Waals surface area contributed by atoms with Crippen molar-refractivity contribution in [1.82, 2.24) is 4.98 Å². The van der Waals surface area contributed by atoms with Gasteiger partial charge in [-0.25, -0.2) is 9.78 Å². The quantitative estimate of drug-likeness (QED) is 0.545. The number of carbonyl (C=O) groups is 2. The number of esters is 1. The molecule has 3 aromatic rings. The highest BCUT2D eigenvalue weighted by atomic mass is 32.1. The van der Waals surface area contributed by atoms with E-state index in [2.05, 4.69) is 4.98 Å². The number of hydrogen-bond donors (Lipinski definition) is 0. The number of benzene rings is 1. The molecule has 2 aromatic heterocycles. The third-order valence-corrected chi connectivity index (χ3v) is 4.20. The molecule has 0 aliphatic rings. The molecular weight excluding hydrogens is 298 g/mol. The molecule has 0 aliphatic carbocycles. The minimum Gasteiger partial charge on any atom is -0.453 e. The van der Waals surface area contributed by atoms with Gasteiger partial charge in [-0.2, -0.15) is 0 Å². The number of para-hydroxylation sites is 1. The van der Waals surface area contributed by atoms with Crippen LogP contribution in [0.4, 0.5) is 0 Å². The maximum atomic E-state index is 12.0. The predicted octanol–water partition coefficient (Wildman–Crippen LogP) is 3.64. The van der Waals surface area contributed by atoms with E-state index in [0.717, 1.165) is 15.8 Å². The summed E-state index contributed by atoms with van der Waals surface area (Å²) in [4.78, 5) is 29.8. The zero-order chi connectivity index (χ0) is 15.5. The Morgan fingerprint density at radius 3 is 2.68 bits per heavy atom. The lowest BCUT2D eigenvalue weighted by Gasteiger charge is -2.04. The molecule has 0 radical (unpaired) electrons. The van der Waals surface area contributed by atoms with Gasteiger partial charge in [0.25, 0.3) is 0 Å². The number of fused-ring (bicyclic) bond motifs is 1. The summed E-state index contributed by atoms with van der Waals surface area (Å²) in [5.74, 6) is -0.792. The molecule has 3 rings (SSSR count). The molecule has 0 saturated heterocycles. The highest BCUT2D eigenvalue weighted by Crippen LogP contribution is 2.16. The third kappa shape index (κ3) is 3.04. The summed E-state index contributed by atoms with van der Waals surface area (Å²) in [6.07, 6.45) is 0. The van der Waals surface area contributed by atoms with Crippen LogP contribution in [0.25, 0.3) is 10.9 Å². The molecule has 5 heteroatoms. The molecule has 0 unspecified atom stereocenters. The third-order valence-electron chi connectivity index (χ3n) is 3.16. The van der Waals surface area contributed by atoms with Crippen molar-refractivity contribution in [3.63, 3.8) is 0 Å². The Hall–Kier alpha value is -2.53. The zero-order valence-electron chi connectivity index (χ0n) is 11.9. The number of aromatic nitrogens is 1. The number of ketones is 1.